The average Bonchev–Trinajstić information content (AvgIpc) is 2.70. The Balaban J connectivity index is 2.04. The van der Waals surface area contributed by atoms with E-state index in [9.17, 15) is 0 Å². The van der Waals surface area contributed by atoms with Crippen molar-refractivity contribution in [3.8, 4) is 0 Å². The second-order valence-corrected chi connectivity index (χ2v) is 6.16. The number of benzene rings is 1. The summed E-state index contributed by atoms with van der Waals surface area (Å²) in [5.74, 6) is 0. The fourth-order valence-electron chi connectivity index (χ4n) is 2.14. The molecule has 0 fully saturated rings. The molecule has 0 amide bonds. The molecule has 0 aliphatic carbocycles. The maximum Gasteiger partial charge on any atom is 0.0144 e. The Kier molecular flexibility index (Phi) is 3.41. The predicted octanol–water partition coefficient (Wildman–Crippen LogP) is 3.24. The molecule has 16 heavy (non-hydrogen) atoms. The first-order valence-electron chi connectivity index (χ1n) is 5.75. The van der Waals surface area contributed by atoms with E-state index in [1.165, 1.54) is 16.9 Å². The van der Waals surface area contributed by atoms with Gasteiger partial charge in [-0.2, -0.15) is 0 Å². The highest BCUT2D eigenvalue weighted by molar-refractivity contribution is 8.00. The van der Waals surface area contributed by atoms with E-state index in [-0.39, 0.29) is 5.41 Å². The molecule has 0 bridgehead atoms. The third-order valence-corrected chi connectivity index (χ3v) is 4.69. The van der Waals surface area contributed by atoms with E-state index < -0.39 is 0 Å². The number of fused-ring (bicyclic) bond motifs is 1. The van der Waals surface area contributed by atoms with Gasteiger partial charge in [-0.25, -0.2) is 0 Å². The number of rotatable bonds is 4. The van der Waals surface area contributed by atoms with Crippen LogP contribution in [0.15, 0.2) is 41.8 Å². The molecule has 1 heterocycles. The molecular formula is C14H19NS. The molecule has 2 heteroatoms. The zero-order chi connectivity index (χ0) is 11.6. The monoisotopic (exact) mass is 233 g/mol. The highest BCUT2D eigenvalue weighted by atomic mass is 32.2. The molecular weight excluding hydrogens is 214 g/mol. The third kappa shape index (κ3) is 2.33. The average molecular weight is 233 g/mol. The van der Waals surface area contributed by atoms with Crippen LogP contribution in [0.25, 0.3) is 0 Å². The first-order valence-corrected chi connectivity index (χ1v) is 6.63. The van der Waals surface area contributed by atoms with Crippen LogP contribution < -0.4 is 5.73 Å². The number of nitrogens with two attached hydrogens (primary N) is 1. The molecule has 2 unspecified atom stereocenters. The first-order chi connectivity index (χ1) is 7.67. The van der Waals surface area contributed by atoms with Crippen molar-refractivity contribution in [1.29, 1.82) is 0 Å². The van der Waals surface area contributed by atoms with Gasteiger partial charge in [-0.05, 0) is 29.9 Å². The molecule has 0 saturated heterocycles. The van der Waals surface area contributed by atoms with Gasteiger partial charge in [0.25, 0.3) is 0 Å². The van der Waals surface area contributed by atoms with Crippen LogP contribution in [-0.2, 0) is 6.42 Å². The van der Waals surface area contributed by atoms with E-state index in [1.807, 2.05) is 17.8 Å². The van der Waals surface area contributed by atoms with Gasteiger partial charge in [0.05, 0.1) is 0 Å². The van der Waals surface area contributed by atoms with Crippen LogP contribution in [0.4, 0.5) is 0 Å². The van der Waals surface area contributed by atoms with E-state index >= 15 is 0 Å². The zero-order valence-corrected chi connectivity index (χ0v) is 10.6. The molecule has 2 N–H and O–H groups in total. The number of hydrogen-bond donors (Lipinski definition) is 1. The molecule has 0 radical (unpaired) electrons. The Labute approximate surface area is 102 Å². The lowest BCUT2D eigenvalue weighted by Crippen LogP contribution is -2.28. The van der Waals surface area contributed by atoms with Crippen molar-refractivity contribution in [2.75, 3.05) is 6.54 Å². The molecule has 2 rings (SSSR count). The summed E-state index contributed by atoms with van der Waals surface area (Å²) in [5.41, 5.74) is 7.39. The summed E-state index contributed by atoms with van der Waals surface area (Å²) in [6, 6.07) is 8.69. The Morgan fingerprint density at radius 2 is 2.31 bits per heavy atom. The SMILES string of the molecule is C=CC(C)(CN)CC1Cc2ccccc2S1. The minimum Gasteiger partial charge on any atom is -0.330 e. The van der Waals surface area contributed by atoms with Gasteiger partial charge in [0.15, 0.2) is 0 Å². The van der Waals surface area contributed by atoms with E-state index in [0.717, 1.165) is 6.42 Å². The maximum absolute atomic E-state index is 5.82. The van der Waals surface area contributed by atoms with Crippen molar-refractivity contribution in [2.24, 2.45) is 11.1 Å². The highest BCUT2D eigenvalue weighted by Gasteiger charge is 2.28. The van der Waals surface area contributed by atoms with Gasteiger partial charge >= 0.3 is 0 Å². The standard InChI is InChI=1S/C14H19NS/c1-3-14(2,10-15)9-12-8-11-6-4-5-7-13(11)16-12/h3-7,12H,1,8-10,15H2,2H3. The molecule has 2 atom stereocenters. The van der Waals surface area contributed by atoms with E-state index in [2.05, 4.69) is 37.8 Å². The number of hydrogen-bond acceptors (Lipinski definition) is 2. The van der Waals surface area contributed by atoms with Crippen molar-refractivity contribution in [1.82, 2.24) is 0 Å². The van der Waals surface area contributed by atoms with Crippen LogP contribution in [0.2, 0.25) is 0 Å². The highest BCUT2D eigenvalue weighted by Crippen LogP contribution is 2.42. The lowest BCUT2D eigenvalue weighted by molar-refractivity contribution is 0.399. The van der Waals surface area contributed by atoms with Crippen molar-refractivity contribution in [3.05, 3.63) is 42.5 Å². The largest absolute Gasteiger partial charge is 0.330 e. The Morgan fingerprint density at radius 3 is 2.94 bits per heavy atom. The van der Waals surface area contributed by atoms with Crippen LogP contribution >= 0.6 is 11.8 Å². The van der Waals surface area contributed by atoms with E-state index in [1.54, 1.807) is 0 Å². The smallest absolute Gasteiger partial charge is 0.0144 e. The molecule has 1 aromatic carbocycles. The lowest BCUT2D eigenvalue weighted by atomic mass is 9.84. The Hall–Kier alpha value is -0.730. The molecule has 1 aliphatic heterocycles. The first kappa shape index (κ1) is 11.7. The lowest BCUT2D eigenvalue weighted by Gasteiger charge is -2.26. The maximum atomic E-state index is 5.82. The predicted molar refractivity (Wildman–Crippen MR) is 71.8 cm³/mol. The summed E-state index contributed by atoms with van der Waals surface area (Å²) < 4.78 is 0. The summed E-state index contributed by atoms with van der Waals surface area (Å²) in [6.45, 7) is 6.79. The van der Waals surface area contributed by atoms with Crippen molar-refractivity contribution in [2.45, 2.75) is 29.9 Å². The zero-order valence-electron chi connectivity index (χ0n) is 9.78. The van der Waals surface area contributed by atoms with Gasteiger partial charge < -0.3 is 5.73 Å². The quantitative estimate of drug-likeness (QED) is 0.808. The van der Waals surface area contributed by atoms with E-state index in [4.69, 9.17) is 5.73 Å². The van der Waals surface area contributed by atoms with E-state index in [0.29, 0.717) is 11.8 Å². The second-order valence-electron chi connectivity index (χ2n) is 4.82. The molecule has 1 nitrogen and oxygen atoms in total. The van der Waals surface area contributed by atoms with Crippen molar-refractivity contribution >= 4 is 11.8 Å². The topological polar surface area (TPSA) is 26.0 Å². The third-order valence-electron chi connectivity index (χ3n) is 3.37. The van der Waals surface area contributed by atoms with Crippen LogP contribution in [0.5, 0.6) is 0 Å². The van der Waals surface area contributed by atoms with Gasteiger partial charge in [0, 0.05) is 16.7 Å². The molecule has 86 valence electrons. The van der Waals surface area contributed by atoms with Crippen molar-refractivity contribution in [3.63, 3.8) is 0 Å². The summed E-state index contributed by atoms with van der Waals surface area (Å²) in [6.07, 6.45) is 4.30. The second kappa shape index (κ2) is 4.64. The summed E-state index contributed by atoms with van der Waals surface area (Å²) >= 11 is 1.99. The summed E-state index contributed by atoms with van der Waals surface area (Å²) in [4.78, 5) is 1.44. The molecule has 0 saturated carbocycles. The minimum absolute atomic E-state index is 0.0830. The molecule has 0 aromatic heterocycles. The Bertz CT molecular complexity index is 363. The van der Waals surface area contributed by atoms with Crippen LogP contribution in [0.3, 0.4) is 0 Å². The molecule has 0 spiro atoms. The van der Waals surface area contributed by atoms with Gasteiger partial charge in [-0.3, -0.25) is 0 Å². The van der Waals surface area contributed by atoms with Crippen LogP contribution in [0.1, 0.15) is 18.9 Å². The van der Waals surface area contributed by atoms with Gasteiger partial charge in [0.1, 0.15) is 0 Å². The summed E-state index contributed by atoms with van der Waals surface area (Å²) in [7, 11) is 0. The van der Waals surface area contributed by atoms with Gasteiger partial charge in [-0.15, -0.1) is 18.3 Å². The van der Waals surface area contributed by atoms with Crippen LogP contribution in [0, 0.1) is 5.41 Å². The Morgan fingerprint density at radius 1 is 1.56 bits per heavy atom. The van der Waals surface area contributed by atoms with Gasteiger partial charge in [0.2, 0.25) is 0 Å². The summed E-state index contributed by atoms with van der Waals surface area (Å²) in [5, 5.41) is 0.656. The normalized spacial score (nSPS) is 22.5. The fraction of sp³-hybridized carbons (Fsp3) is 0.429. The van der Waals surface area contributed by atoms with Gasteiger partial charge in [-0.1, -0.05) is 31.2 Å². The van der Waals surface area contributed by atoms with Crippen molar-refractivity contribution < 1.29 is 0 Å². The minimum atomic E-state index is 0.0830. The fourth-order valence-corrected chi connectivity index (χ4v) is 3.68. The van der Waals surface area contributed by atoms with Crippen LogP contribution in [-0.4, -0.2) is 11.8 Å². The molecule has 1 aliphatic rings. The molecule has 1 aromatic rings. The number of thioether (sulfide) groups is 1.